The summed E-state index contributed by atoms with van der Waals surface area (Å²) in [5.74, 6) is -0.563. The Balaban J connectivity index is 1.92. The van der Waals surface area contributed by atoms with Gasteiger partial charge in [-0.05, 0) is 29.7 Å². The maximum Gasteiger partial charge on any atom is 0.258 e. The molecule has 2 aromatic rings. The number of hydrogen-bond donors (Lipinski definition) is 3. The Bertz CT molecular complexity index is 665. The summed E-state index contributed by atoms with van der Waals surface area (Å²) in [6, 6.07) is 9.73. The van der Waals surface area contributed by atoms with Gasteiger partial charge in [0.05, 0.1) is 0 Å². The van der Waals surface area contributed by atoms with Crippen molar-refractivity contribution >= 4 is 40.0 Å². The fourth-order valence-corrected chi connectivity index (χ4v) is 1.99. The van der Waals surface area contributed by atoms with Gasteiger partial charge in [0.15, 0.2) is 5.11 Å². The van der Waals surface area contributed by atoms with Crippen molar-refractivity contribution in [2.45, 2.75) is 13.5 Å². The van der Waals surface area contributed by atoms with Crippen molar-refractivity contribution in [1.29, 1.82) is 0 Å². The van der Waals surface area contributed by atoms with Crippen LogP contribution in [0.2, 0.25) is 0 Å². The molecule has 1 aromatic heterocycles. The lowest BCUT2D eigenvalue weighted by Gasteiger charge is -2.10. The van der Waals surface area contributed by atoms with Gasteiger partial charge < -0.3 is 9.88 Å². The Morgan fingerprint density at radius 1 is 1.20 bits per heavy atom. The third kappa shape index (κ3) is 3.55. The molecule has 0 spiro atoms. The minimum absolute atomic E-state index is 0.0585. The average molecular weight is 290 g/mol. The van der Waals surface area contributed by atoms with Crippen LogP contribution in [0.3, 0.4) is 0 Å². The molecular weight excluding hydrogens is 276 g/mol. The topological polar surface area (TPSA) is 75.2 Å². The number of hydrazine groups is 1. The van der Waals surface area contributed by atoms with Crippen LogP contribution in [0.15, 0.2) is 36.5 Å². The van der Waals surface area contributed by atoms with E-state index in [1.807, 2.05) is 41.1 Å². The van der Waals surface area contributed by atoms with Crippen molar-refractivity contribution in [3.63, 3.8) is 0 Å². The molecule has 3 N–H and O–H groups in total. The van der Waals surface area contributed by atoms with Crippen molar-refractivity contribution in [2.24, 2.45) is 0 Å². The first-order valence-electron chi connectivity index (χ1n) is 5.96. The zero-order chi connectivity index (χ0) is 14.5. The molecular formula is C13H14N4O2S. The molecule has 7 heteroatoms. The molecule has 0 fully saturated rings. The summed E-state index contributed by atoms with van der Waals surface area (Å²) in [7, 11) is 0. The van der Waals surface area contributed by atoms with Gasteiger partial charge in [-0.2, -0.15) is 0 Å². The highest BCUT2D eigenvalue weighted by Crippen LogP contribution is 2.14. The summed E-state index contributed by atoms with van der Waals surface area (Å²) >= 11 is 4.81. The second kappa shape index (κ2) is 6.16. The predicted octanol–water partition coefficient (Wildman–Crippen LogP) is 0.683. The van der Waals surface area contributed by atoms with Crippen molar-refractivity contribution < 1.29 is 9.59 Å². The Labute approximate surface area is 121 Å². The molecule has 0 atom stereocenters. The van der Waals surface area contributed by atoms with Gasteiger partial charge in [-0.3, -0.25) is 20.4 Å². The highest BCUT2D eigenvalue weighted by molar-refractivity contribution is 7.80. The normalized spacial score (nSPS) is 10.1. The SMILES string of the molecule is CC(=O)NC(=S)NNC(=O)Cn1ccc2ccccc21. The zero-order valence-corrected chi connectivity index (χ0v) is 11.7. The number of nitrogens with zero attached hydrogens (tertiary/aromatic N) is 1. The standard InChI is InChI=1S/C13H14N4O2S/c1-9(18)14-13(20)16-15-12(19)8-17-7-6-10-4-2-3-5-11(10)17/h2-7H,8H2,1H3,(H,15,19)(H2,14,16,18,20). The zero-order valence-electron chi connectivity index (χ0n) is 10.8. The third-order valence-electron chi connectivity index (χ3n) is 2.60. The smallest absolute Gasteiger partial charge is 0.258 e. The molecule has 0 unspecified atom stereocenters. The van der Waals surface area contributed by atoms with Crippen molar-refractivity contribution in [3.05, 3.63) is 36.5 Å². The van der Waals surface area contributed by atoms with Crippen LogP contribution in [0, 0.1) is 0 Å². The number of thiocarbonyl (C=S) groups is 1. The number of fused-ring (bicyclic) bond motifs is 1. The maximum atomic E-state index is 11.8. The van der Waals surface area contributed by atoms with Crippen LogP contribution in [0.25, 0.3) is 10.9 Å². The number of para-hydroxylation sites is 1. The fraction of sp³-hybridized carbons (Fsp3) is 0.154. The summed E-state index contributed by atoms with van der Waals surface area (Å²) in [4.78, 5) is 22.5. The van der Waals surface area contributed by atoms with E-state index in [2.05, 4.69) is 16.2 Å². The van der Waals surface area contributed by atoms with Gasteiger partial charge in [0.25, 0.3) is 5.91 Å². The van der Waals surface area contributed by atoms with Gasteiger partial charge in [0.1, 0.15) is 6.54 Å². The van der Waals surface area contributed by atoms with Gasteiger partial charge in [-0.1, -0.05) is 18.2 Å². The lowest BCUT2D eigenvalue weighted by atomic mass is 10.2. The van der Waals surface area contributed by atoms with Crippen LogP contribution in [0.5, 0.6) is 0 Å². The number of hydrogen-bond acceptors (Lipinski definition) is 3. The molecule has 0 saturated carbocycles. The Hall–Kier alpha value is -2.41. The van der Waals surface area contributed by atoms with Crippen LogP contribution < -0.4 is 16.2 Å². The summed E-state index contributed by atoms with van der Waals surface area (Å²) in [6.07, 6.45) is 1.84. The summed E-state index contributed by atoms with van der Waals surface area (Å²) < 4.78 is 1.83. The molecule has 1 heterocycles. The molecule has 2 rings (SSSR count). The minimum atomic E-state index is -0.298. The number of nitrogens with one attached hydrogen (secondary N) is 3. The van der Waals surface area contributed by atoms with Crippen molar-refractivity contribution in [2.75, 3.05) is 0 Å². The molecule has 2 amide bonds. The van der Waals surface area contributed by atoms with E-state index in [1.54, 1.807) is 0 Å². The molecule has 0 bridgehead atoms. The van der Waals surface area contributed by atoms with Crippen molar-refractivity contribution in [3.8, 4) is 0 Å². The molecule has 0 aliphatic carbocycles. The van der Waals surface area contributed by atoms with Crippen LogP contribution in [0.1, 0.15) is 6.92 Å². The molecule has 0 saturated heterocycles. The molecule has 104 valence electrons. The van der Waals surface area contributed by atoms with E-state index in [9.17, 15) is 9.59 Å². The van der Waals surface area contributed by atoms with Gasteiger partial charge in [-0.25, -0.2) is 0 Å². The average Bonchev–Trinajstić information content (AvgIpc) is 2.79. The lowest BCUT2D eigenvalue weighted by molar-refractivity contribution is -0.122. The van der Waals surface area contributed by atoms with Crippen molar-refractivity contribution in [1.82, 2.24) is 20.7 Å². The summed E-state index contributed by atoms with van der Waals surface area (Å²) in [6.45, 7) is 1.49. The van der Waals surface area contributed by atoms with Gasteiger partial charge in [0, 0.05) is 18.6 Å². The number of carbonyl (C=O) groups is 2. The fourth-order valence-electron chi connectivity index (χ4n) is 1.79. The first kappa shape index (κ1) is 14.0. The number of aromatic nitrogens is 1. The third-order valence-corrected chi connectivity index (χ3v) is 2.80. The Morgan fingerprint density at radius 3 is 2.70 bits per heavy atom. The van der Waals surface area contributed by atoms with E-state index in [-0.39, 0.29) is 23.5 Å². The number of carbonyl (C=O) groups excluding carboxylic acids is 2. The lowest BCUT2D eigenvalue weighted by Crippen LogP contribution is -2.48. The summed E-state index contributed by atoms with van der Waals surface area (Å²) in [5, 5.41) is 3.48. The van der Waals surface area contributed by atoms with E-state index in [0.29, 0.717) is 0 Å². The molecule has 0 aliphatic heterocycles. The van der Waals surface area contributed by atoms with Crippen LogP contribution >= 0.6 is 12.2 Å². The van der Waals surface area contributed by atoms with Gasteiger partial charge >= 0.3 is 0 Å². The Morgan fingerprint density at radius 2 is 1.95 bits per heavy atom. The van der Waals surface area contributed by atoms with Gasteiger partial charge in [-0.15, -0.1) is 0 Å². The van der Waals surface area contributed by atoms with Crippen LogP contribution in [0.4, 0.5) is 0 Å². The van der Waals surface area contributed by atoms with Gasteiger partial charge in [0.2, 0.25) is 5.91 Å². The number of benzene rings is 1. The quantitative estimate of drug-likeness (QED) is 0.562. The van der Waals surface area contributed by atoms with E-state index in [0.717, 1.165) is 10.9 Å². The predicted molar refractivity (Wildman–Crippen MR) is 79.6 cm³/mol. The number of rotatable bonds is 2. The second-order valence-corrected chi connectivity index (χ2v) is 4.59. The largest absolute Gasteiger partial charge is 0.338 e. The van der Waals surface area contributed by atoms with E-state index >= 15 is 0 Å². The number of amides is 2. The van der Waals surface area contributed by atoms with E-state index < -0.39 is 0 Å². The molecule has 20 heavy (non-hydrogen) atoms. The molecule has 1 aromatic carbocycles. The highest BCUT2D eigenvalue weighted by Gasteiger charge is 2.06. The van der Waals surface area contributed by atoms with E-state index in [4.69, 9.17) is 12.2 Å². The maximum absolute atomic E-state index is 11.8. The second-order valence-electron chi connectivity index (χ2n) is 4.19. The molecule has 6 nitrogen and oxygen atoms in total. The van der Waals surface area contributed by atoms with E-state index in [1.165, 1.54) is 6.92 Å². The Kier molecular flexibility index (Phi) is 4.31. The summed E-state index contributed by atoms with van der Waals surface area (Å²) in [5.41, 5.74) is 5.86. The first-order chi connectivity index (χ1) is 9.56. The first-order valence-corrected chi connectivity index (χ1v) is 6.37. The highest BCUT2D eigenvalue weighted by atomic mass is 32.1. The minimum Gasteiger partial charge on any atom is -0.338 e. The molecule has 0 aliphatic rings. The van der Waals surface area contributed by atoms with Crippen LogP contribution in [-0.4, -0.2) is 21.5 Å². The van der Waals surface area contributed by atoms with Crippen LogP contribution in [-0.2, 0) is 16.1 Å². The monoisotopic (exact) mass is 290 g/mol. The molecule has 0 radical (unpaired) electrons.